The summed E-state index contributed by atoms with van der Waals surface area (Å²) in [6, 6.07) is 25.8. The van der Waals surface area contributed by atoms with Crippen LogP contribution < -0.4 is 15.5 Å². The Morgan fingerprint density at radius 3 is 2.37 bits per heavy atom. The first-order valence-electron chi connectivity index (χ1n) is 12.9. The van der Waals surface area contributed by atoms with Crippen LogP contribution in [-0.4, -0.2) is 48.0 Å². The fraction of sp³-hybridized carbons (Fsp3) is 0.129. The van der Waals surface area contributed by atoms with Gasteiger partial charge in [-0.1, -0.05) is 59.6 Å². The molecule has 2 N–H and O–H groups in total. The van der Waals surface area contributed by atoms with Crippen LogP contribution in [0.4, 0.5) is 11.4 Å². The molecule has 1 fully saturated rings. The minimum Gasteiger partial charge on any atom is -0.457 e. The van der Waals surface area contributed by atoms with Gasteiger partial charge in [-0.05, 0) is 66.8 Å². The van der Waals surface area contributed by atoms with Crippen LogP contribution in [0.15, 0.2) is 95.4 Å². The van der Waals surface area contributed by atoms with E-state index < -0.39 is 5.91 Å². The molecule has 5 rings (SSSR count). The van der Waals surface area contributed by atoms with Crippen molar-refractivity contribution in [2.75, 3.05) is 36.4 Å². The van der Waals surface area contributed by atoms with Gasteiger partial charge in [0.25, 0.3) is 5.91 Å². The first kappa shape index (κ1) is 28.4. The van der Waals surface area contributed by atoms with Crippen molar-refractivity contribution in [3.63, 3.8) is 0 Å². The minimum absolute atomic E-state index is 0.0349. The SMILES string of the molecule is O=C(C=Cc1ccc(-c2cccc(Cl)c2Cl)o1)NC(=S)Nc1ccccc1N1CCN(C(=O)c2ccccc2)CC1. The number of amides is 2. The monoisotopic (exact) mass is 604 g/mol. The summed E-state index contributed by atoms with van der Waals surface area (Å²) < 4.78 is 5.80. The van der Waals surface area contributed by atoms with Gasteiger partial charge in [-0.25, -0.2) is 0 Å². The molecule has 0 bridgehead atoms. The molecular formula is C31H26Cl2N4O3S. The number of benzene rings is 3. The van der Waals surface area contributed by atoms with E-state index in [9.17, 15) is 9.59 Å². The number of para-hydroxylation sites is 2. The highest BCUT2D eigenvalue weighted by Crippen LogP contribution is 2.34. The van der Waals surface area contributed by atoms with Crippen molar-refractivity contribution in [3.05, 3.63) is 112 Å². The molecule has 41 heavy (non-hydrogen) atoms. The zero-order valence-electron chi connectivity index (χ0n) is 21.8. The van der Waals surface area contributed by atoms with E-state index in [1.54, 1.807) is 36.4 Å². The number of rotatable bonds is 6. The highest BCUT2D eigenvalue weighted by Gasteiger charge is 2.23. The summed E-state index contributed by atoms with van der Waals surface area (Å²) in [5.74, 6) is 0.635. The topological polar surface area (TPSA) is 77.8 Å². The Bertz CT molecular complexity index is 1600. The second-order valence-corrected chi connectivity index (χ2v) is 10.4. The van der Waals surface area contributed by atoms with Crippen molar-refractivity contribution < 1.29 is 14.0 Å². The molecule has 0 atom stereocenters. The molecule has 0 saturated carbocycles. The average molecular weight is 606 g/mol. The maximum Gasteiger partial charge on any atom is 0.253 e. The van der Waals surface area contributed by atoms with E-state index in [0.29, 0.717) is 58.9 Å². The Hall–Kier alpha value is -4.11. The number of nitrogens with zero attached hydrogens (tertiary/aromatic N) is 2. The minimum atomic E-state index is -0.410. The van der Waals surface area contributed by atoms with Crippen LogP contribution in [0.2, 0.25) is 10.0 Å². The highest BCUT2D eigenvalue weighted by atomic mass is 35.5. The van der Waals surface area contributed by atoms with E-state index in [-0.39, 0.29) is 11.0 Å². The molecule has 2 amide bonds. The molecule has 1 aromatic heterocycles. The molecule has 7 nitrogen and oxygen atoms in total. The maximum atomic E-state index is 12.8. The second kappa shape index (κ2) is 13.0. The standard InChI is InChI=1S/C31H26Cl2N4O3S/c32-24-10-6-9-23(29(24)33)27-15-13-22(40-27)14-16-28(38)35-31(41)34-25-11-4-5-12-26(25)36-17-19-37(20-18-36)30(39)21-7-2-1-3-8-21/h1-16H,17-20H2,(H2,34,35,38,41). The number of carbonyl (C=O) groups excluding carboxylic acids is 2. The van der Waals surface area contributed by atoms with Gasteiger partial charge in [-0.3, -0.25) is 14.9 Å². The lowest BCUT2D eigenvalue weighted by molar-refractivity contribution is -0.115. The molecule has 2 heterocycles. The van der Waals surface area contributed by atoms with Crippen molar-refractivity contribution >= 4 is 69.8 Å². The van der Waals surface area contributed by atoms with Crippen molar-refractivity contribution in [3.8, 4) is 11.3 Å². The first-order chi connectivity index (χ1) is 19.9. The van der Waals surface area contributed by atoms with Crippen LogP contribution >= 0.6 is 35.4 Å². The Balaban J connectivity index is 1.16. The lowest BCUT2D eigenvalue weighted by Gasteiger charge is -2.37. The third-order valence-electron chi connectivity index (χ3n) is 6.56. The molecule has 4 aromatic rings. The van der Waals surface area contributed by atoms with Crippen LogP contribution in [-0.2, 0) is 4.79 Å². The summed E-state index contributed by atoms with van der Waals surface area (Å²) in [4.78, 5) is 29.4. The smallest absolute Gasteiger partial charge is 0.253 e. The van der Waals surface area contributed by atoms with Crippen LogP contribution in [0.1, 0.15) is 16.1 Å². The maximum absolute atomic E-state index is 12.8. The van der Waals surface area contributed by atoms with Gasteiger partial charge in [0.2, 0.25) is 5.91 Å². The molecule has 1 aliphatic rings. The predicted molar refractivity (Wildman–Crippen MR) is 169 cm³/mol. The Labute approximate surface area is 253 Å². The van der Waals surface area contributed by atoms with E-state index in [2.05, 4.69) is 15.5 Å². The average Bonchev–Trinajstić information content (AvgIpc) is 3.47. The number of nitrogens with one attached hydrogen (secondary N) is 2. The van der Waals surface area contributed by atoms with E-state index >= 15 is 0 Å². The number of hydrogen-bond acceptors (Lipinski definition) is 5. The third-order valence-corrected chi connectivity index (χ3v) is 7.58. The van der Waals surface area contributed by atoms with Gasteiger partial charge in [0.15, 0.2) is 5.11 Å². The molecule has 3 aromatic carbocycles. The zero-order valence-corrected chi connectivity index (χ0v) is 24.2. The number of piperazine rings is 1. The quantitative estimate of drug-likeness (QED) is 0.187. The number of anilines is 2. The molecule has 10 heteroatoms. The third kappa shape index (κ3) is 6.97. The lowest BCUT2D eigenvalue weighted by Crippen LogP contribution is -2.49. The number of halogens is 2. The van der Waals surface area contributed by atoms with E-state index in [0.717, 1.165) is 11.4 Å². The fourth-order valence-corrected chi connectivity index (χ4v) is 5.12. The van der Waals surface area contributed by atoms with Gasteiger partial charge >= 0.3 is 0 Å². The van der Waals surface area contributed by atoms with E-state index in [1.165, 1.54) is 6.08 Å². The summed E-state index contributed by atoms with van der Waals surface area (Å²) >= 11 is 17.8. The van der Waals surface area contributed by atoms with Gasteiger partial charge in [-0.15, -0.1) is 0 Å². The van der Waals surface area contributed by atoms with Gasteiger partial charge in [-0.2, -0.15) is 0 Å². The van der Waals surface area contributed by atoms with Crippen LogP contribution in [0.3, 0.4) is 0 Å². The molecular weight excluding hydrogens is 579 g/mol. The molecule has 0 radical (unpaired) electrons. The van der Waals surface area contributed by atoms with Crippen LogP contribution in [0.5, 0.6) is 0 Å². The Kier molecular flexibility index (Phi) is 9.04. The molecule has 0 unspecified atom stereocenters. The van der Waals surface area contributed by atoms with Crippen LogP contribution in [0, 0.1) is 0 Å². The normalized spacial score (nSPS) is 13.3. The number of thiocarbonyl (C=S) groups is 1. The summed E-state index contributed by atoms with van der Waals surface area (Å²) in [6.45, 7) is 2.55. The number of hydrogen-bond donors (Lipinski definition) is 2. The van der Waals surface area contributed by atoms with Crippen molar-refractivity contribution in [1.29, 1.82) is 0 Å². The summed E-state index contributed by atoms with van der Waals surface area (Å²) in [7, 11) is 0. The number of furan rings is 1. The first-order valence-corrected chi connectivity index (χ1v) is 14.1. The largest absolute Gasteiger partial charge is 0.457 e. The molecule has 0 spiro atoms. The van der Waals surface area contributed by atoms with Gasteiger partial charge in [0.1, 0.15) is 11.5 Å². The van der Waals surface area contributed by atoms with Crippen molar-refractivity contribution in [2.45, 2.75) is 0 Å². The second-order valence-electron chi connectivity index (χ2n) is 9.24. The predicted octanol–water partition coefficient (Wildman–Crippen LogP) is 6.74. The zero-order chi connectivity index (χ0) is 28.8. The van der Waals surface area contributed by atoms with Crippen molar-refractivity contribution in [2.24, 2.45) is 0 Å². The summed E-state index contributed by atoms with van der Waals surface area (Å²) in [5.41, 5.74) is 3.06. The van der Waals surface area contributed by atoms with Gasteiger partial charge < -0.3 is 19.5 Å². The fourth-order valence-electron chi connectivity index (χ4n) is 4.52. The van der Waals surface area contributed by atoms with Gasteiger partial charge in [0.05, 0.1) is 21.4 Å². The Morgan fingerprint density at radius 1 is 0.854 bits per heavy atom. The lowest BCUT2D eigenvalue weighted by atomic mass is 10.1. The Morgan fingerprint density at radius 2 is 1.59 bits per heavy atom. The molecule has 1 saturated heterocycles. The summed E-state index contributed by atoms with van der Waals surface area (Å²) in [6.07, 6.45) is 2.88. The van der Waals surface area contributed by atoms with E-state index in [1.807, 2.05) is 59.5 Å². The molecule has 1 aliphatic heterocycles. The number of carbonyl (C=O) groups is 2. The summed E-state index contributed by atoms with van der Waals surface area (Å²) in [5, 5.41) is 6.79. The van der Waals surface area contributed by atoms with Gasteiger partial charge in [0, 0.05) is 43.4 Å². The molecule has 208 valence electrons. The molecule has 0 aliphatic carbocycles. The van der Waals surface area contributed by atoms with E-state index in [4.69, 9.17) is 39.8 Å². The van der Waals surface area contributed by atoms with Crippen LogP contribution in [0.25, 0.3) is 17.4 Å². The van der Waals surface area contributed by atoms with Crippen molar-refractivity contribution in [1.82, 2.24) is 10.2 Å². The highest BCUT2D eigenvalue weighted by molar-refractivity contribution is 7.80.